The highest BCUT2D eigenvalue weighted by Gasteiger charge is 2.20. The Labute approximate surface area is 153 Å². The van der Waals surface area contributed by atoms with E-state index in [2.05, 4.69) is 5.32 Å². The summed E-state index contributed by atoms with van der Waals surface area (Å²) in [5, 5.41) is 22.5. The molecule has 0 aromatic heterocycles. The molecule has 2 amide bonds. The van der Waals surface area contributed by atoms with Gasteiger partial charge in [-0.1, -0.05) is 26.0 Å². The summed E-state index contributed by atoms with van der Waals surface area (Å²) in [5.41, 5.74) is 2.16. The fourth-order valence-corrected chi connectivity index (χ4v) is 2.68. The van der Waals surface area contributed by atoms with Crippen LogP contribution < -0.4 is 5.32 Å². The van der Waals surface area contributed by atoms with Gasteiger partial charge in [-0.05, 0) is 35.2 Å². The number of carbonyl (C=O) groups is 2. The molecule has 0 aliphatic heterocycles. The van der Waals surface area contributed by atoms with Crippen molar-refractivity contribution in [2.45, 2.75) is 26.3 Å². The van der Waals surface area contributed by atoms with Crippen LogP contribution in [0, 0.1) is 0 Å². The predicted octanol–water partition coefficient (Wildman–Crippen LogP) is 2.85. The Balaban J connectivity index is 2.19. The molecule has 0 spiro atoms. The molecular weight excluding hydrogens is 332 g/mol. The smallest absolute Gasteiger partial charge is 0.257 e. The molecule has 0 heterocycles. The lowest BCUT2D eigenvalue weighted by Gasteiger charge is -2.19. The largest absolute Gasteiger partial charge is 0.508 e. The van der Waals surface area contributed by atoms with Crippen LogP contribution in [0.3, 0.4) is 0 Å². The van der Waals surface area contributed by atoms with Crippen LogP contribution in [0.25, 0.3) is 0 Å². The first-order chi connectivity index (χ1) is 12.2. The summed E-state index contributed by atoms with van der Waals surface area (Å²) in [4.78, 5) is 25.7. The molecule has 2 aromatic rings. The second-order valence-electron chi connectivity index (χ2n) is 6.52. The van der Waals surface area contributed by atoms with Gasteiger partial charge in [-0.3, -0.25) is 9.59 Å². The van der Waals surface area contributed by atoms with Crippen molar-refractivity contribution in [3.63, 3.8) is 0 Å². The van der Waals surface area contributed by atoms with E-state index >= 15 is 0 Å². The van der Waals surface area contributed by atoms with E-state index in [0.717, 1.165) is 5.56 Å². The van der Waals surface area contributed by atoms with Crippen LogP contribution in [0.15, 0.2) is 36.4 Å². The van der Waals surface area contributed by atoms with E-state index in [1.165, 1.54) is 17.0 Å². The van der Waals surface area contributed by atoms with E-state index in [1.54, 1.807) is 38.4 Å². The zero-order valence-electron chi connectivity index (χ0n) is 15.4. The van der Waals surface area contributed by atoms with Crippen molar-refractivity contribution >= 4 is 11.8 Å². The van der Waals surface area contributed by atoms with Gasteiger partial charge < -0.3 is 20.4 Å². The first-order valence-corrected chi connectivity index (χ1v) is 8.37. The maximum absolute atomic E-state index is 12.7. The lowest BCUT2D eigenvalue weighted by atomic mass is 9.98. The Bertz CT molecular complexity index is 813. The van der Waals surface area contributed by atoms with Crippen molar-refractivity contribution < 1.29 is 19.8 Å². The van der Waals surface area contributed by atoms with Gasteiger partial charge in [0.05, 0.1) is 5.56 Å². The highest BCUT2D eigenvalue weighted by Crippen LogP contribution is 2.32. The summed E-state index contributed by atoms with van der Waals surface area (Å²) < 4.78 is 0. The minimum absolute atomic E-state index is 0.0183. The fourth-order valence-electron chi connectivity index (χ4n) is 2.68. The maximum Gasteiger partial charge on any atom is 0.257 e. The van der Waals surface area contributed by atoms with Gasteiger partial charge in [0.15, 0.2) is 0 Å². The predicted molar refractivity (Wildman–Crippen MR) is 99.5 cm³/mol. The third kappa shape index (κ3) is 4.14. The third-order valence-electron chi connectivity index (χ3n) is 4.21. The summed E-state index contributed by atoms with van der Waals surface area (Å²) in [6.45, 7) is 4.13. The lowest BCUT2D eigenvalue weighted by molar-refractivity contribution is 0.0781. The van der Waals surface area contributed by atoms with E-state index in [4.69, 9.17) is 0 Å². The van der Waals surface area contributed by atoms with Crippen molar-refractivity contribution in [2.24, 2.45) is 0 Å². The molecule has 2 rings (SSSR count). The summed E-state index contributed by atoms with van der Waals surface area (Å²) in [5.74, 6) is -0.777. The molecule has 6 nitrogen and oxygen atoms in total. The van der Waals surface area contributed by atoms with Crippen LogP contribution >= 0.6 is 0 Å². The van der Waals surface area contributed by atoms with E-state index in [0.29, 0.717) is 17.7 Å². The Morgan fingerprint density at radius 3 is 2.23 bits per heavy atom. The number of carbonyl (C=O) groups excluding carboxylic acids is 2. The van der Waals surface area contributed by atoms with Crippen LogP contribution in [0.4, 0.5) is 0 Å². The first kappa shape index (κ1) is 19.3. The van der Waals surface area contributed by atoms with Gasteiger partial charge in [0, 0.05) is 32.3 Å². The Morgan fingerprint density at radius 2 is 1.69 bits per heavy atom. The van der Waals surface area contributed by atoms with Crippen molar-refractivity contribution in [3.8, 4) is 11.5 Å². The number of aromatic hydroxyl groups is 2. The van der Waals surface area contributed by atoms with Crippen LogP contribution in [0.1, 0.15) is 51.6 Å². The molecule has 0 atom stereocenters. The number of nitrogens with one attached hydrogen (secondary N) is 1. The van der Waals surface area contributed by atoms with Crippen molar-refractivity contribution in [1.82, 2.24) is 10.2 Å². The van der Waals surface area contributed by atoms with Gasteiger partial charge in [0.2, 0.25) is 0 Å². The molecule has 0 aliphatic rings. The summed E-state index contributed by atoms with van der Waals surface area (Å²) >= 11 is 0. The van der Waals surface area contributed by atoms with Crippen molar-refractivity contribution in [3.05, 3.63) is 58.7 Å². The summed E-state index contributed by atoms with van der Waals surface area (Å²) in [7, 11) is 3.20. The topological polar surface area (TPSA) is 89.9 Å². The molecule has 0 radical (unpaired) electrons. The number of benzene rings is 2. The van der Waals surface area contributed by atoms with Gasteiger partial charge >= 0.3 is 0 Å². The van der Waals surface area contributed by atoms with Crippen molar-refractivity contribution in [2.75, 3.05) is 14.1 Å². The molecule has 0 bridgehead atoms. The number of hydrogen-bond acceptors (Lipinski definition) is 4. The average molecular weight is 356 g/mol. The lowest BCUT2D eigenvalue weighted by Crippen LogP contribution is -2.26. The van der Waals surface area contributed by atoms with Crippen LogP contribution in [0.5, 0.6) is 11.5 Å². The average Bonchev–Trinajstić information content (AvgIpc) is 2.60. The molecule has 0 aliphatic carbocycles. The second-order valence-corrected chi connectivity index (χ2v) is 6.52. The highest BCUT2D eigenvalue weighted by atomic mass is 16.3. The molecule has 0 fully saturated rings. The standard InChI is InChI=1S/C20H24N2O4/c1-12(2)15-9-16(18(24)10-17(15)23)20(26)22(4)11-13-5-7-14(8-6-13)19(25)21-3/h5-10,12,23-24H,11H2,1-4H3,(H,21,25). The molecular formula is C20H24N2O4. The fraction of sp³-hybridized carbons (Fsp3) is 0.300. The number of hydrogen-bond donors (Lipinski definition) is 3. The molecule has 3 N–H and O–H groups in total. The quantitative estimate of drug-likeness (QED) is 0.768. The number of phenols is 2. The van der Waals surface area contributed by atoms with Gasteiger partial charge in [0.25, 0.3) is 11.8 Å². The van der Waals surface area contributed by atoms with Crippen LogP contribution in [-0.2, 0) is 6.54 Å². The van der Waals surface area contributed by atoms with Gasteiger partial charge in [-0.2, -0.15) is 0 Å². The van der Waals surface area contributed by atoms with Gasteiger partial charge in [0.1, 0.15) is 11.5 Å². The van der Waals surface area contributed by atoms with Gasteiger partial charge in [-0.15, -0.1) is 0 Å². The molecule has 0 saturated heterocycles. The van der Waals surface area contributed by atoms with Crippen LogP contribution in [0.2, 0.25) is 0 Å². The molecule has 6 heteroatoms. The third-order valence-corrected chi connectivity index (χ3v) is 4.21. The van der Waals surface area contributed by atoms with E-state index in [-0.39, 0.29) is 34.8 Å². The Kier molecular flexibility index (Phi) is 5.87. The van der Waals surface area contributed by atoms with Crippen LogP contribution in [-0.4, -0.2) is 41.0 Å². The monoisotopic (exact) mass is 356 g/mol. The minimum Gasteiger partial charge on any atom is -0.508 e. The SMILES string of the molecule is CNC(=O)c1ccc(CN(C)C(=O)c2cc(C(C)C)c(O)cc2O)cc1. The maximum atomic E-state index is 12.7. The first-order valence-electron chi connectivity index (χ1n) is 8.37. The van der Waals surface area contributed by atoms with E-state index in [9.17, 15) is 19.8 Å². The minimum atomic E-state index is -0.347. The zero-order valence-corrected chi connectivity index (χ0v) is 15.4. The van der Waals surface area contributed by atoms with E-state index in [1.807, 2.05) is 13.8 Å². The highest BCUT2D eigenvalue weighted by molar-refractivity contribution is 5.97. The molecule has 2 aromatic carbocycles. The van der Waals surface area contributed by atoms with Crippen molar-refractivity contribution in [1.29, 1.82) is 0 Å². The molecule has 0 unspecified atom stereocenters. The normalized spacial score (nSPS) is 10.7. The Hall–Kier alpha value is -3.02. The number of amides is 2. The van der Waals surface area contributed by atoms with E-state index < -0.39 is 0 Å². The number of nitrogens with zero attached hydrogens (tertiary/aromatic N) is 1. The Morgan fingerprint density at radius 1 is 1.08 bits per heavy atom. The second kappa shape index (κ2) is 7.91. The number of rotatable bonds is 5. The molecule has 138 valence electrons. The summed E-state index contributed by atoms with van der Waals surface area (Å²) in [6, 6.07) is 9.69. The van der Waals surface area contributed by atoms with Gasteiger partial charge in [-0.25, -0.2) is 0 Å². The number of phenolic OH excluding ortho intramolecular Hbond substituents is 2. The molecule has 0 saturated carbocycles. The molecule has 26 heavy (non-hydrogen) atoms. The summed E-state index contributed by atoms with van der Waals surface area (Å²) in [6.07, 6.45) is 0. The zero-order chi connectivity index (χ0) is 19.4.